The molecule has 4 rings (SSSR count). The zero-order valence-corrected chi connectivity index (χ0v) is 25.6. The molecule has 2 aliphatic heterocycles. The summed E-state index contributed by atoms with van der Waals surface area (Å²) < 4.78 is 38.6. The molecule has 0 unspecified atom stereocenters. The lowest BCUT2D eigenvalue weighted by Gasteiger charge is -2.35. The van der Waals surface area contributed by atoms with E-state index < -0.39 is 10.0 Å². The number of piperidine rings is 2. The standard InChI is InChI=1S/C31H43ClFN3O3S/c1-23(2)29-10-9-28(22-30(29)32)36(31(37)26-13-19-35(20-14-26)40(3,38)39)16-4-15-34-17-11-25(12-18-34)21-24-5-7-27(33)8-6-24/h5-10,22-23,25-26H,4,11-21H2,1-3H3. The summed E-state index contributed by atoms with van der Waals surface area (Å²) in [4.78, 5) is 18.1. The van der Waals surface area contributed by atoms with Gasteiger partial charge in [-0.2, -0.15) is 0 Å². The molecule has 2 saturated heterocycles. The van der Waals surface area contributed by atoms with Crippen molar-refractivity contribution in [2.45, 2.75) is 58.3 Å². The van der Waals surface area contributed by atoms with Crippen molar-refractivity contribution in [2.75, 3.05) is 50.4 Å². The van der Waals surface area contributed by atoms with Gasteiger partial charge < -0.3 is 9.80 Å². The predicted molar refractivity (Wildman–Crippen MR) is 161 cm³/mol. The third-order valence-electron chi connectivity index (χ3n) is 8.46. The normalized spacial score (nSPS) is 18.4. The summed E-state index contributed by atoms with van der Waals surface area (Å²) in [6.45, 7) is 8.52. The summed E-state index contributed by atoms with van der Waals surface area (Å²) in [5.74, 6) is 0.558. The van der Waals surface area contributed by atoms with Gasteiger partial charge in [-0.25, -0.2) is 17.1 Å². The highest BCUT2D eigenvalue weighted by molar-refractivity contribution is 7.88. The van der Waals surface area contributed by atoms with Crippen LogP contribution in [-0.2, 0) is 21.2 Å². The first-order valence-corrected chi connectivity index (χ1v) is 16.8. The van der Waals surface area contributed by atoms with E-state index in [0.717, 1.165) is 56.6 Å². The molecular formula is C31H43ClFN3O3S. The Kier molecular flexibility index (Phi) is 10.7. The van der Waals surface area contributed by atoms with E-state index in [9.17, 15) is 17.6 Å². The van der Waals surface area contributed by atoms with E-state index in [-0.39, 0.29) is 23.6 Å². The van der Waals surface area contributed by atoms with Gasteiger partial charge in [0, 0.05) is 36.3 Å². The molecule has 220 valence electrons. The number of hydrogen-bond donors (Lipinski definition) is 0. The van der Waals surface area contributed by atoms with Crippen LogP contribution in [0.1, 0.15) is 63.0 Å². The third-order valence-corrected chi connectivity index (χ3v) is 10.1. The number of amides is 1. The van der Waals surface area contributed by atoms with E-state index >= 15 is 0 Å². The van der Waals surface area contributed by atoms with Crippen molar-refractivity contribution < 1.29 is 17.6 Å². The Morgan fingerprint density at radius 2 is 1.68 bits per heavy atom. The highest BCUT2D eigenvalue weighted by atomic mass is 35.5. The molecule has 2 aliphatic rings. The molecule has 0 radical (unpaired) electrons. The summed E-state index contributed by atoms with van der Waals surface area (Å²) in [7, 11) is -3.25. The summed E-state index contributed by atoms with van der Waals surface area (Å²) >= 11 is 6.63. The van der Waals surface area contributed by atoms with E-state index in [1.165, 1.54) is 28.3 Å². The van der Waals surface area contributed by atoms with Gasteiger partial charge in [0.05, 0.1) is 6.26 Å². The lowest BCUT2D eigenvalue weighted by atomic mass is 9.90. The molecule has 0 aromatic heterocycles. The summed E-state index contributed by atoms with van der Waals surface area (Å²) in [6, 6.07) is 12.8. The lowest BCUT2D eigenvalue weighted by Crippen LogP contribution is -2.45. The Morgan fingerprint density at radius 3 is 2.25 bits per heavy atom. The fourth-order valence-electron chi connectivity index (χ4n) is 5.99. The average molecular weight is 592 g/mol. The summed E-state index contributed by atoms with van der Waals surface area (Å²) in [5.41, 5.74) is 3.06. The Morgan fingerprint density at radius 1 is 1.02 bits per heavy atom. The van der Waals surface area contributed by atoms with Gasteiger partial charge in [0.15, 0.2) is 0 Å². The van der Waals surface area contributed by atoms with Crippen LogP contribution in [0.25, 0.3) is 0 Å². The average Bonchev–Trinajstić information content (AvgIpc) is 2.92. The number of carbonyl (C=O) groups excluding carboxylic acids is 1. The quantitative estimate of drug-likeness (QED) is 0.342. The zero-order valence-electron chi connectivity index (χ0n) is 24.0. The number of anilines is 1. The molecule has 0 saturated carbocycles. The minimum Gasteiger partial charge on any atom is -0.312 e. The Balaban J connectivity index is 1.35. The SMILES string of the molecule is CC(C)c1ccc(N(CCCN2CCC(Cc3ccc(F)cc3)CC2)C(=O)C2CCN(S(C)(=O)=O)CC2)cc1Cl. The van der Waals surface area contributed by atoms with Crippen LogP contribution in [-0.4, -0.2) is 69.1 Å². The van der Waals surface area contributed by atoms with Gasteiger partial charge in [0.25, 0.3) is 0 Å². The van der Waals surface area contributed by atoms with Crippen LogP contribution in [0.5, 0.6) is 0 Å². The molecule has 2 fully saturated rings. The maximum absolute atomic E-state index is 13.8. The molecule has 40 heavy (non-hydrogen) atoms. The fraction of sp³-hybridized carbons (Fsp3) is 0.581. The Bertz CT molecular complexity index is 1240. The largest absolute Gasteiger partial charge is 0.312 e. The second kappa shape index (κ2) is 13.8. The molecule has 0 bridgehead atoms. The van der Waals surface area contributed by atoms with Gasteiger partial charge in [-0.1, -0.05) is 43.6 Å². The highest BCUT2D eigenvalue weighted by Crippen LogP contribution is 2.31. The number of hydrogen-bond acceptors (Lipinski definition) is 4. The summed E-state index contributed by atoms with van der Waals surface area (Å²) in [6.07, 6.45) is 6.35. The Hall–Kier alpha value is -2.00. The van der Waals surface area contributed by atoms with Gasteiger partial charge >= 0.3 is 0 Å². The first kappa shape index (κ1) is 30.9. The molecule has 0 aliphatic carbocycles. The first-order chi connectivity index (χ1) is 19.0. The molecule has 2 heterocycles. The van der Waals surface area contributed by atoms with Gasteiger partial charge in [0.1, 0.15) is 5.82 Å². The third kappa shape index (κ3) is 8.28. The van der Waals surface area contributed by atoms with E-state index in [1.807, 2.05) is 35.2 Å². The molecule has 2 aromatic carbocycles. The van der Waals surface area contributed by atoms with Crippen LogP contribution in [0, 0.1) is 17.7 Å². The topological polar surface area (TPSA) is 60.9 Å². The van der Waals surface area contributed by atoms with Crippen molar-refractivity contribution in [1.82, 2.24) is 9.21 Å². The van der Waals surface area contributed by atoms with Gasteiger partial charge in [-0.15, -0.1) is 0 Å². The van der Waals surface area contributed by atoms with Crippen LogP contribution >= 0.6 is 11.6 Å². The second-order valence-corrected chi connectivity index (χ2v) is 14.1. The van der Waals surface area contributed by atoms with Crippen molar-refractivity contribution in [3.05, 3.63) is 64.4 Å². The maximum Gasteiger partial charge on any atom is 0.230 e. The first-order valence-electron chi connectivity index (χ1n) is 14.5. The van der Waals surface area contributed by atoms with Crippen LogP contribution in [0.15, 0.2) is 42.5 Å². The second-order valence-electron chi connectivity index (χ2n) is 11.8. The Labute approximate surface area is 244 Å². The van der Waals surface area contributed by atoms with Crippen molar-refractivity contribution in [2.24, 2.45) is 11.8 Å². The van der Waals surface area contributed by atoms with E-state index in [2.05, 4.69) is 18.7 Å². The minimum atomic E-state index is -3.25. The monoisotopic (exact) mass is 591 g/mol. The van der Waals surface area contributed by atoms with Crippen LogP contribution < -0.4 is 4.90 Å². The van der Waals surface area contributed by atoms with Crippen LogP contribution in [0.2, 0.25) is 5.02 Å². The van der Waals surface area contributed by atoms with Crippen molar-refractivity contribution >= 4 is 33.2 Å². The molecule has 9 heteroatoms. The fourth-order valence-corrected chi connectivity index (χ4v) is 7.26. The number of likely N-dealkylation sites (tertiary alicyclic amines) is 1. The van der Waals surface area contributed by atoms with Gasteiger partial charge in [-0.05, 0) is 105 Å². The maximum atomic E-state index is 13.8. The van der Waals surface area contributed by atoms with E-state index in [1.54, 1.807) is 0 Å². The smallest absolute Gasteiger partial charge is 0.230 e. The van der Waals surface area contributed by atoms with Crippen molar-refractivity contribution in [3.63, 3.8) is 0 Å². The highest BCUT2D eigenvalue weighted by Gasteiger charge is 2.32. The van der Waals surface area contributed by atoms with Crippen molar-refractivity contribution in [1.29, 1.82) is 0 Å². The zero-order chi connectivity index (χ0) is 28.9. The van der Waals surface area contributed by atoms with Crippen LogP contribution in [0.4, 0.5) is 10.1 Å². The van der Waals surface area contributed by atoms with E-state index in [0.29, 0.717) is 43.4 Å². The molecule has 0 atom stereocenters. The number of nitrogens with zero attached hydrogens (tertiary/aromatic N) is 3. The van der Waals surface area contributed by atoms with Crippen LogP contribution in [0.3, 0.4) is 0 Å². The van der Waals surface area contributed by atoms with Crippen molar-refractivity contribution in [3.8, 4) is 0 Å². The molecule has 6 nitrogen and oxygen atoms in total. The van der Waals surface area contributed by atoms with Gasteiger partial charge in [-0.3, -0.25) is 4.79 Å². The summed E-state index contributed by atoms with van der Waals surface area (Å²) in [5, 5.41) is 0.667. The van der Waals surface area contributed by atoms with Gasteiger partial charge in [0.2, 0.25) is 15.9 Å². The molecule has 1 amide bonds. The number of benzene rings is 2. The lowest BCUT2D eigenvalue weighted by molar-refractivity contribution is -0.123. The molecule has 0 spiro atoms. The predicted octanol–water partition coefficient (Wildman–Crippen LogP) is 5.95. The van der Waals surface area contributed by atoms with E-state index in [4.69, 9.17) is 11.6 Å². The number of halogens is 2. The molecule has 2 aromatic rings. The minimum absolute atomic E-state index is 0.0551. The number of rotatable bonds is 10. The number of carbonyl (C=O) groups is 1. The number of sulfonamides is 1. The molecular weight excluding hydrogens is 549 g/mol. The molecule has 0 N–H and O–H groups in total.